The highest BCUT2D eigenvalue weighted by Gasteiger charge is 2.50. The van der Waals surface area contributed by atoms with Gasteiger partial charge < -0.3 is 9.47 Å². The summed E-state index contributed by atoms with van der Waals surface area (Å²) in [5.74, 6) is -3.49. The fraction of sp³-hybridized carbons (Fsp3) is 0.462. The normalized spacial score (nSPS) is 17.2. The van der Waals surface area contributed by atoms with E-state index >= 15 is 0 Å². The first-order chi connectivity index (χ1) is 17.3. The van der Waals surface area contributed by atoms with E-state index in [0.29, 0.717) is 40.1 Å². The molecule has 0 unspecified atom stereocenters. The molecule has 2 aromatic heterocycles. The van der Waals surface area contributed by atoms with Gasteiger partial charge in [-0.05, 0) is 75.6 Å². The van der Waals surface area contributed by atoms with Gasteiger partial charge in [-0.1, -0.05) is 0 Å². The Morgan fingerprint density at radius 3 is 2.35 bits per heavy atom. The van der Waals surface area contributed by atoms with Gasteiger partial charge in [0.2, 0.25) is 0 Å². The smallest absolute Gasteiger partial charge is 0.465 e. The number of hydrogen-bond acceptors (Lipinski definition) is 6. The maximum absolute atomic E-state index is 14.0. The lowest BCUT2D eigenvalue weighted by Gasteiger charge is -2.41. The number of rotatable bonds is 4. The van der Waals surface area contributed by atoms with Gasteiger partial charge in [-0.15, -0.1) is 0 Å². The van der Waals surface area contributed by atoms with Crippen molar-refractivity contribution in [3.05, 3.63) is 52.5 Å². The van der Waals surface area contributed by atoms with Gasteiger partial charge in [0.15, 0.2) is 5.82 Å². The molecule has 0 aliphatic heterocycles. The number of aromatic nitrogens is 2. The Balaban J connectivity index is 1.67. The molecule has 4 aliphatic rings. The maximum atomic E-state index is 14.0. The fourth-order valence-corrected chi connectivity index (χ4v) is 4.90. The van der Waals surface area contributed by atoms with Crippen LogP contribution >= 0.6 is 0 Å². The number of carbonyl (C=O) groups excluding carboxylic acids is 3. The van der Waals surface area contributed by atoms with Gasteiger partial charge >= 0.3 is 24.1 Å². The van der Waals surface area contributed by atoms with Crippen molar-refractivity contribution in [3.63, 3.8) is 0 Å². The summed E-state index contributed by atoms with van der Waals surface area (Å²) in [4.78, 5) is 43.2. The second-order valence-corrected chi connectivity index (χ2v) is 10.6. The van der Waals surface area contributed by atoms with Crippen molar-refractivity contribution in [3.8, 4) is 0 Å². The van der Waals surface area contributed by atoms with Crippen LogP contribution in [0.3, 0.4) is 0 Å². The van der Waals surface area contributed by atoms with Crippen LogP contribution in [0.4, 0.5) is 23.8 Å². The molecule has 1 amide bonds. The molecule has 11 heteroatoms. The van der Waals surface area contributed by atoms with E-state index in [0.717, 1.165) is 20.0 Å². The van der Waals surface area contributed by atoms with E-state index < -0.39 is 35.6 Å². The summed E-state index contributed by atoms with van der Waals surface area (Å²) in [5, 5.41) is 0. The number of alkyl halides is 3. The number of pyridine rings is 1. The number of allylic oxidation sites excluding steroid dienone is 1. The Kier molecular flexibility index (Phi) is 5.72. The number of nitrogens with zero attached hydrogens (tertiary/aromatic N) is 3. The van der Waals surface area contributed by atoms with Crippen LogP contribution < -0.4 is 4.90 Å². The van der Waals surface area contributed by atoms with Gasteiger partial charge in [0.05, 0.1) is 12.8 Å². The predicted octanol–water partition coefficient (Wildman–Crippen LogP) is 5.53. The molecule has 0 aromatic carbocycles. The SMILES string of the molecule is COC(=O)c1cc(C2CC2)cnc1N(C(=O)C(F)(F)F)C1=C2CC(C2)c2c1ccn2C(=O)OC(C)(C)C. The monoisotopic (exact) mass is 517 g/mol. The first-order valence-electron chi connectivity index (χ1n) is 12.0. The number of amides is 1. The van der Waals surface area contributed by atoms with Crippen LogP contribution in [0.15, 0.2) is 30.1 Å². The Morgan fingerprint density at radius 1 is 1.11 bits per heavy atom. The Bertz CT molecular complexity index is 1340. The highest BCUT2D eigenvalue weighted by Crippen LogP contribution is 2.54. The van der Waals surface area contributed by atoms with Crippen molar-refractivity contribution in [2.75, 3.05) is 12.0 Å². The van der Waals surface area contributed by atoms with Gasteiger partial charge in [0, 0.05) is 29.6 Å². The largest absolute Gasteiger partial charge is 0.472 e. The van der Waals surface area contributed by atoms with Gasteiger partial charge in [-0.25, -0.2) is 14.6 Å². The Labute approximate surface area is 211 Å². The standard InChI is InChI=1S/C26H26F3N3O5/c1-25(2,3)37-24(35)31-8-7-17-19(31)14-9-15(10-14)20(17)32(23(34)26(27,28)29)21-18(22(33)36-4)11-16(12-30-21)13-5-6-13/h7-8,11-14H,5-6,9-10H2,1-4H3. The Morgan fingerprint density at radius 2 is 1.78 bits per heavy atom. The number of halogens is 3. The topological polar surface area (TPSA) is 90.7 Å². The molecule has 8 nitrogen and oxygen atoms in total. The molecule has 37 heavy (non-hydrogen) atoms. The zero-order valence-electron chi connectivity index (χ0n) is 20.8. The molecule has 6 rings (SSSR count). The summed E-state index contributed by atoms with van der Waals surface area (Å²) in [6, 6.07) is 2.94. The summed E-state index contributed by atoms with van der Waals surface area (Å²) in [5.41, 5.74) is 1.04. The summed E-state index contributed by atoms with van der Waals surface area (Å²) < 4.78 is 53.5. The number of carbonyl (C=O) groups is 3. The molecule has 0 N–H and O–H groups in total. The lowest BCUT2D eigenvalue weighted by Crippen LogP contribution is -2.44. The van der Waals surface area contributed by atoms with Crippen molar-refractivity contribution in [1.82, 2.24) is 9.55 Å². The first kappa shape index (κ1) is 25.0. The molecule has 0 radical (unpaired) electrons. The highest BCUT2D eigenvalue weighted by molar-refractivity contribution is 6.12. The van der Waals surface area contributed by atoms with Crippen molar-refractivity contribution in [2.45, 2.75) is 70.1 Å². The summed E-state index contributed by atoms with van der Waals surface area (Å²) in [7, 11) is 1.11. The molecule has 2 bridgehead atoms. The summed E-state index contributed by atoms with van der Waals surface area (Å²) in [6.45, 7) is 5.13. The molecule has 4 aliphatic carbocycles. The van der Waals surface area contributed by atoms with Gasteiger partial charge in [-0.3, -0.25) is 14.3 Å². The fourth-order valence-electron chi connectivity index (χ4n) is 4.90. The molecule has 0 spiro atoms. The van der Waals surface area contributed by atoms with Crippen LogP contribution in [0.1, 0.15) is 85.5 Å². The van der Waals surface area contributed by atoms with Crippen molar-refractivity contribution in [2.24, 2.45) is 0 Å². The van der Waals surface area contributed by atoms with Crippen LogP contribution in [-0.4, -0.2) is 46.4 Å². The zero-order valence-corrected chi connectivity index (χ0v) is 20.8. The molecule has 2 fully saturated rings. The van der Waals surface area contributed by atoms with Crippen molar-refractivity contribution >= 4 is 29.5 Å². The van der Waals surface area contributed by atoms with E-state index in [9.17, 15) is 27.6 Å². The number of methoxy groups -OCH3 is 1. The third-order valence-corrected chi connectivity index (χ3v) is 6.70. The van der Waals surface area contributed by atoms with Gasteiger partial charge in [0.1, 0.15) is 11.2 Å². The van der Waals surface area contributed by atoms with Crippen molar-refractivity contribution < 1.29 is 37.0 Å². The molecular formula is C26H26F3N3O5. The molecule has 2 aromatic rings. The Hall–Kier alpha value is -3.63. The van der Waals surface area contributed by atoms with E-state index in [2.05, 4.69) is 4.98 Å². The van der Waals surface area contributed by atoms with Gasteiger partial charge in [0.25, 0.3) is 0 Å². The minimum absolute atomic E-state index is 0.0149. The average molecular weight is 518 g/mol. The van der Waals surface area contributed by atoms with Crippen LogP contribution in [0.25, 0.3) is 5.70 Å². The van der Waals surface area contributed by atoms with Crippen LogP contribution in [-0.2, 0) is 14.3 Å². The zero-order chi connectivity index (χ0) is 26.9. The lowest BCUT2D eigenvalue weighted by atomic mass is 9.70. The molecule has 2 heterocycles. The average Bonchev–Trinajstić information content (AvgIpc) is 3.53. The maximum Gasteiger partial charge on any atom is 0.472 e. The first-order valence-corrected chi connectivity index (χ1v) is 12.0. The van der Waals surface area contributed by atoms with Crippen LogP contribution in [0, 0.1) is 0 Å². The number of esters is 1. The number of ether oxygens (including phenoxy) is 2. The van der Waals surface area contributed by atoms with E-state index in [4.69, 9.17) is 9.47 Å². The highest BCUT2D eigenvalue weighted by atomic mass is 19.4. The third-order valence-electron chi connectivity index (χ3n) is 6.70. The van der Waals surface area contributed by atoms with E-state index in [1.54, 1.807) is 20.8 Å². The molecule has 196 valence electrons. The van der Waals surface area contributed by atoms with Crippen LogP contribution in [0.5, 0.6) is 0 Å². The second-order valence-electron chi connectivity index (χ2n) is 10.6. The summed E-state index contributed by atoms with van der Waals surface area (Å²) in [6.07, 6.45) is -0.599. The third kappa shape index (κ3) is 4.40. The van der Waals surface area contributed by atoms with Gasteiger partial charge in [-0.2, -0.15) is 13.2 Å². The summed E-state index contributed by atoms with van der Waals surface area (Å²) >= 11 is 0. The molecule has 0 atom stereocenters. The lowest BCUT2D eigenvalue weighted by molar-refractivity contribution is -0.169. The van der Waals surface area contributed by atoms with Crippen LogP contribution in [0.2, 0.25) is 0 Å². The molecular weight excluding hydrogens is 491 g/mol. The quantitative estimate of drug-likeness (QED) is 0.496. The van der Waals surface area contributed by atoms with E-state index in [-0.39, 0.29) is 23.1 Å². The second kappa shape index (κ2) is 8.46. The number of hydrogen-bond donors (Lipinski definition) is 0. The predicted molar refractivity (Wildman–Crippen MR) is 126 cm³/mol. The molecule has 0 saturated heterocycles. The minimum atomic E-state index is -5.26. The van der Waals surface area contributed by atoms with E-state index in [1.165, 1.54) is 29.1 Å². The minimum Gasteiger partial charge on any atom is -0.465 e. The molecule has 2 saturated carbocycles. The van der Waals surface area contributed by atoms with Crippen molar-refractivity contribution in [1.29, 1.82) is 0 Å². The number of anilines is 1. The van der Waals surface area contributed by atoms with E-state index in [1.807, 2.05) is 0 Å².